The van der Waals surface area contributed by atoms with Gasteiger partial charge in [-0.1, -0.05) is 18.2 Å². The Hall–Kier alpha value is -1.33. The highest BCUT2D eigenvalue weighted by atomic mass is 32.2. The van der Waals surface area contributed by atoms with E-state index in [9.17, 15) is 26.4 Å². The molecule has 0 unspecified atom stereocenters. The topological polar surface area (TPSA) is 79.4 Å². The third-order valence-corrected chi connectivity index (χ3v) is 6.33. The summed E-state index contributed by atoms with van der Waals surface area (Å²) in [4.78, 5) is 15.4. The monoisotopic (exact) mass is 397 g/mol. The molecule has 1 aromatic heterocycles. The standard InChI is InChI=1S/C14H18F3N3O3S2/c15-14(16,17)10-19-12(21)9-24-13-5-4-11(8-18-13)25(22,23)20-6-2-1-3-7-20/h4-5,8H,1-3,6-7,9-10H2,(H,19,21). The predicted octanol–water partition coefficient (Wildman–Crippen LogP) is 2.03. The highest BCUT2D eigenvalue weighted by molar-refractivity contribution is 7.99. The lowest BCUT2D eigenvalue weighted by Crippen LogP contribution is -2.35. The molecule has 1 aliphatic heterocycles. The SMILES string of the molecule is O=C(CSc1ccc(S(=O)(=O)N2CCCCC2)cn1)NCC(F)(F)F. The molecule has 1 amide bonds. The summed E-state index contributed by atoms with van der Waals surface area (Å²) in [6, 6.07) is 2.84. The summed E-state index contributed by atoms with van der Waals surface area (Å²) in [5.41, 5.74) is 0. The van der Waals surface area contributed by atoms with Gasteiger partial charge in [0.25, 0.3) is 0 Å². The number of aromatic nitrogens is 1. The largest absolute Gasteiger partial charge is 0.405 e. The normalized spacial score (nSPS) is 16.6. The first kappa shape index (κ1) is 20.0. The minimum atomic E-state index is -4.46. The Morgan fingerprint density at radius 1 is 1.24 bits per heavy atom. The summed E-state index contributed by atoms with van der Waals surface area (Å²) >= 11 is 0.935. The summed E-state index contributed by atoms with van der Waals surface area (Å²) in [6.07, 6.45) is -0.583. The van der Waals surface area contributed by atoms with E-state index in [1.165, 1.54) is 22.6 Å². The van der Waals surface area contributed by atoms with Gasteiger partial charge in [0, 0.05) is 19.3 Å². The summed E-state index contributed by atoms with van der Waals surface area (Å²) < 4.78 is 62.3. The van der Waals surface area contributed by atoms with Gasteiger partial charge in [-0.2, -0.15) is 17.5 Å². The van der Waals surface area contributed by atoms with Crippen molar-refractivity contribution in [2.45, 2.75) is 35.4 Å². The Labute approximate surface area is 148 Å². The summed E-state index contributed by atoms with van der Waals surface area (Å²) in [6.45, 7) is -0.413. The first-order valence-corrected chi connectivity index (χ1v) is 10.0. The number of thioether (sulfide) groups is 1. The zero-order valence-electron chi connectivity index (χ0n) is 13.3. The minimum absolute atomic E-state index is 0.0697. The van der Waals surface area contributed by atoms with E-state index in [-0.39, 0.29) is 10.6 Å². The third kappa shape index (κ3) is 6.15. The molecule has 1 aliphatic rings. The van der Waals surface area contributed by atoms with Crippen LogP contribution < -0.4 is 5.32 Å². The molecule has 140 valence electrons. The lowest BCUT2D eigenvalue weighted by Gasteiger charge is -2.25. The maximum Gasteiger partial charge on any atom is 0.405 e. The van der Waals surface area contributed by atoms with Gasteiger partial charge in [0.15, 0.2) is 0 Å². The second-order valence-electron chi connectivity index (χ2n) is 5.48. The zero-order chi connectivity index (χ0) is 18.5. The second-order valence-corrected chi connectivity index (χ2v) is 8.41. The molecule has 25 heavy (non-hydrogen) atoms. The number of rotatable bonds is 6. The number of pyridine rings is 1. The molecule has 2 rings (SSSR count). The molecule has 0 atom stereocenters. The second kappa shape index (κ2) is 8.37. The van der Waals surface area contributed by atoms with Crippen LogP contribution in [-0.2, 0) is 14.8 Å². The molecule has 0 radical (unpaired) electrons. The molecule has 0 spiro atoms. The molecule has 1 aromatic rings. The van der Waals surface area contributed by atoms with Crippen LogP contribution in [0.25, 0.3) is 0 Å². The zero-order valence-corrected chi connectivity index (χ0v) is 14.9. The Kier molecular flexibility index (Phi) is 6.69. The van der Waals surface area contributed by atoms with Crippen molar-refractivity contribution < 1.29 is 26.4 Å². The van der Waals surface area contributed by atoms with Crippen molar-refractivity contribution in [3.05, 3.63) is 18.3 Å². The first-order chi connectivity index (χ1) is 11.7. The van der Waals surface area contributed by atoms with Gasteiger partial charge in [0.05, 0.1) is 10.8 Å². The van der Waals surface area contributed by atoms with E-state index in [1.54, 1.807) is 5.32 Å². The molecule has 1 saturated heterocycles. The Balaban J connectivity index is 1.90. The average Bonchev–Trinajstić information content (AvgIpc) is 2.58. The number of hydrogen-bond acceptors (Lipinski definition) is 5. The molecule has 0 bridgehead atoms. The van der Waals surface area contributed by atoms with Crippen molar-refractivity contribution in [3.63, 3.8) is 0 Å². The van der Waals surface area contributed by atoms with E-state index in [4.69, 9.17) is 0 Å². The van der Waals surface area contributed by atoms with Crippen molar-refractivity contribution in [2.75, 3.05) is 25.4 Å². The van der Waals surface area contributed by atoms with Crippen LogP contribution >= 0.6 is 11.8 Å². The van der Waals surface area contributed by atoms with Gasteiger partial charge in [0.2, 0.25) is 15.9 Å². The van der Waals surface area contributed by atoms with Crippen LogP contribution in [0.2, 0.25) is 0 Å². The quantitative estimate of drug-likeness (QED) is 0.743. The lowest BCUT2D eigenvalue weighted by atomic mass is 10.2. The number of halogens is 3. The molecule has 6 nitrogen and oxygen atoms in total. The average molecular weight is 397 g/mol. The van der Waals surface area contributed by atoms with E-state index in [1.807, 2.05) is 0 Å². The molecule has 0 saturated carbocycles. The van der Waals surface area contributed by atoms with Crippen LogP contribution in [0.4, 0.5) is 13.2 Å². The number of amides is 1. The maximum absolute atomic E-state index is 12.5. The van der Waals surface area contributed by atoms with Gasteiger partial charge in [-0.3, -0.25) is 4.79 Å². The maximum atomic E-state index is 12.5. The highest BCUT2D eigenvalue weighted by Gasteiger charge is 2.28. The number of carbonyl (C=O) groups is 1. The molecule has 1 N–H and O–H groups in total. The van der Waals surface area contributed by atoms with Crippen molar-refractivity contribution in [2.24, 2.45) is 0 Å². The molecule has 11 heteroatoms. The lowest BCUT2D eigenvalue weighted by molar-refractivity contribution is -0.136. The number of alkyl halides is 3. The highest BCUT2D eigenvalue weighted by Crippen LogP contribution is 2.22. The first-order valence-electron chi connectivity index (χ1n) is 7.61. The van der Waals surface area contributed by atoms with Crippen LogP contribution in [0.3, 0.4) is 0 Å². The molecule has 1 fully saturated rings. The number of nitrogens with zero attached hydrogens (tertiary/aromatic N) is 2. The summed E-state index contributed by atoms with van der Waals surface area (Å²) in [5, 5.41) is 2.12. The smallest absolute Gasteiger partial charge is 0.346 e. The molecule has 0 aromatic carbocycles. The van der Waals surface area contributed by atoms with Gasteiger partial charge >= 0.3 is 6.18 Å². The van der Waals surface area contributed by atoms with Gasteiger partial charge in [0.1, 0.15) is 11.4 Å². The predicted molar refractivity (Wildman–Crippen MR) is 86.6 cm³/mol. The van der Waals surface area contributed by atoms with E-state index in [0.29, 0.717) is 18.1 Å². The molecular weight excluding hydrogens is 379 g/mol. The van der Waals surface area contributed by atoms with Crippen LogP contribution in [-0.4, -0.2) is 55.2 Å². The summed E-state index contributed by atoms with van der Waals surface area (Å²) in [7, 11) is -3.58. The Morgan fingerprint density at radius 3 is 2.48 bits per heavy atom. The molecular formula is C14H18F3N3O3S2. The molecule has 0 aliphatic carbocycles. The van der Waals surface area contributed by atoms with E-state index >= 15 is 0 Å². The van der Waals surface area contributed by atoms with Crippen LogP contribution in [0.15, 0.2) is 28.3 Å². The van der Waals surface area contributed by atoms with Gasteiger partial charge in [-0.15, -0.1) is 0 Å². The fourth-order valence-corrected chi connectivity index (χ4v) is 4.38. The van der Waals surface area contributed by atoms with Crippen molar-refractivity contribution in [1.29, 1.82) is 0 Å². The van der Waals surface area contributed by atoms with E-state index < -0.39 is 28.7 Å². The minimum Gasteiger partial charge on any atom is -0.346 e. The number of carbonyl (C=O) groups excluding carboxylic acids is 1. The summed E-state index contributed by atoms with van der Waals surface area (Å²) in [5.74, 6) is -1.00. The Morgan fingerprint density at radius 2 is 1.92 bits per heavy atom. The van der Waals surface area contributed by atoms with Crippen molar-refractivity contribution >= 4 is 27.7 Å². The fourth-order valence-electron chi connectivity index (χ4n) is 2.25. The number of piperidine rings is 1. The van der Waals surface area contributed by atoms with Gasteiger partial charge in [-0.05, 0) is 25.0 Å². The third-order valence-electron chi connectivity index (χ3n) is 3.50. The van der Waals surface area contributed by atoms with Crippen LogP contribution in [0.5, 0.6) is 0 Å². The van der Waals surface area contributed by atoms with Crippen molar-refractivity contribution in [1.82, 2.24) is 14.6 Å². The van der Waals surface area contributed by atoms with Gasteiger partial charge in [-0.25, -0.2) is 13.4 Å². The Bertz CT molecular complexity index is 688. The number of hydrogen-bond donors (Lipinski definition) is 1. The van der Waals surface area contributed by atoms with E-state index in [2.05, 4.69) is 4.98 Å². The van der Waals surface area contributed by atoms with Crippen LogP contribution in [0, 0.1) is 0 Å². The van der Waals surface area contributed by atoms with Crippen molar-refractivity contribution in [3.8, 4) is 0 Å². The fraction of sp³-hybridized carbons (Fsp3) is 0.571. The van der Waals surface area contributed by atoms with Crippen LogP contribution in [0.1, 0.15) is 19.3 Å². The number of sulfonamides is 1. The van der Waals surface area contributed by atoms with E-state index in [0.717, 1.165) is 31.0 Å². The molecule has 2 heterocycles. The number of nitrogens with one attached hydrogen (secondary N) is 1. The van der Waals surface area contributed by atoms with Gasteiger partial charge < -0.3 is 5.32 Å².